The molecular weight excluding hydrogens is 324 g/mol. The van der Waals surface area contributed by atoms with Crippen LogP contribution in [0.2, 0.25) is 0 Å². The lowest BCUT2D eigenvalue weighted by Gasteiger charge is -2.14. The van der Waals surface area contributed by atoms with Crippen molar-refractivity contribution in [1.29, 1.82) is 0 Å². The largest absolute Gasteiger partial charge is 0.462 e. The first-order valence-corrected chi connectivity index (χ1v) is 8.51. The summed E-state index contributed by atoms with van der Waals surface area (Å²) in [4.78, 5) is 36.4. The smallest absolute Gasteiger partial charge is 0.341 e. The van der Waals surface area contributed by atoms with E-state index in [1.165, 1.54) is 19.2 Å². The molecule has 1 aromatic carbocycles. The SMILES string of the molecule is CCCCOC(=O)c1cccc(NC(=O)NC)c1C(=O)OCCCC. The van der Waals surface area contributed by atoms with E-state index in [1.807, 2.05) is 13.8 Å². The van der Waals surface area contributed by atoms with Gasteiger partial charge in [0.05, 0.1) is 30.0 Å². The Hall–Kier alpha value is -2.57. The molecule has 0 saturated carbocycles. The van der Waals surface area contributed by atoms with Crippen LogP contribution in [-0.2, 0) is 9.47 Å². The van der Waals surface area contributed by atoms with Gasteiger partial charge in [-0.1, -0.05) is 32.8 Å². The molecule has 0 fully saturated rings. The van der Waals surface area contributed by atoms with Crippen LogP contribution < -0.4 is 10.6 Å². The average molecular weight is 350 g/mol. The number of unbranched alkanes of at least 4 members (excludes halogenated alkanes) is 2. The monoisotopic (exact) mass is 350 g/mol. The van der Waals surface area contributed by atoms with Crippen LogP contribution in [-0.4, -0.2) is 38.2 Å². The van der Waals surface area contributed by atoms with Crippen molar-refractivity contribution in [3.63, 3.8) is 0 Å². The van der Waals surface area contributed by atoms with E-state index in [-0.39, 0.29) is 30.0 Å². The first-order valence-electron chi connectivity index (χ1n) is 8.51. The average Bonchev–Trinajstić information content (AvgIpc) is 2.61. The number of esters is 2. The number of hydrogen-bond donors (Lipinski definition) is 2. The van der Waals surface area contributed by atoms with E-state index < -0.39 is 18.0 Å². The van der Waals surface area contributed by atoms with E-state index in [0.717, 1.165) is 19.3 Å². The lowest BCUT2D eigenvalue weighted by atomic mass is 10.1. The molecule has 25 heavy (non-hydrogen) atoms. The molecule has 0 aliphatic carbocycles. The molecule has 0 spiro atoms. The van der Waals surface area contributed by atoms with Crippen LogP contribution in [0.3, 0.4) is 0 Å². The highest BCUT2D eigenvalue weighted by Crippen LogP contribution is 2.22. The molecule has 0 atom stereocenters. The molecule has 0 radical (unpaired) electrons. The zero-order valence-corrected chi connectivity index (χ0v) is 15.0. The van der Waals surface area contributed by atoms with Crippen LogP contribution in [0.5, 0.6) is 0 Å². The Labute approximate surface area is 148 Å². The molecule has 1 rings (SSSR count). The van der Waals surface area contributed by atoms with E-state index >= 15 is 0 Å². The van der Waals surface area contributed by atoms with Crippen LogP contribution in [0.1, 0.15) is 60.2 Å². The number of anilines is 1. The van der Waals surface area contributed by atoms with Crippen LogP contribution in [0.4, 0.5) is 10.5 Å². The van der Waals surface area contributed by atoms with E-state index in [4.69, 9.17) is 9.47 Å². The van der Waals surface area contributed by atoms with Gasteiger partial charge in [-0.05, 0) is 25.0 Å². The Bertz CT molecular complexity index is 601. The standard InChI is InChI=1S/C18H26N2O5/c1-4-6-11-24-16(21)13-9-8-10-14(20-18(23)19-3)15(13)17(22)25-12-7-5-2/h8-10H,4-7,11-12H2,1-3H3,(H2,19,20,23). The Morgan fingerprint density at radius 3 is 2.12 bits per heavy atom. The van der Waals surface area contributed by atoms with Crippen molar-refractivity contribution in [3.05, 3.63) is 29.3 Å². The van der Waals surface area contributed by atoms with Gasteiger partial charge < -0.3 is 20.1 Å². The number of carbonyl (C=O) groups is 3. The zero-order valence-electron chi connectivity index (χ0n) is 15.0. The van der Waals surface area contributed by atoms with Gasteiger partial charge in [0.15, 0.2) is 0 Å². The number of carbonyl (C=O) groups excluding carboxylic acids is 3. The minimum Gasteiger partial charge on any atom is -0.462 e. The summed E-state index contributed by atoms with van der Waals surface area (Å²) in [6, 6.07) is 4.10. The first-order chi connectivity index (χ1) is 12.0. The lowest BCUT2D eigenvalue weighted by molar-refractivity contribution is 0.0453. The summed E-state index contributed by atoms with van der Waals surface area (Å²) in [5.74, 6) is -1.28. The molecule has 7 heteroatoms. The third-order valence-corrected chi connectivity index (χ3v) is 3.43. The Kier molecular flexibility index (Phi) is 9.06. The molecule has 138 valence electrons. The van der Waals surface area contributed by atoms with E-state index in [9.17, 15) is 14.4 Å². The first kappa shape index (κ1) is 20.5. The zero-order chi connectivity index (χ0) is 18.7. The van der Waals surface area contributed by atoms with Crippen molar-refractivity contribution in [1.82, 2.24) is 5.32 Å². The molecule has 7 nitrogen and oxygen atoms in total. The summed E-state index contributed by atoms with van der Waals surface area (Å²) in [5.41, 5.74) is 0.279. The predicted molar refractivity (Wildman–Crippen MR) is 94.9 cm³/mol. The van der Waals surface area contributed by atoms with Crippen molar-refractivity contribution in [2.45, 2.75) is 39.5 Å². The molecule has 0 aromatic heterocycles. The van der Waals surface area contributed by atoms with E-state index in [1.54, 1.807) is 6.07 Å². The summed E-state index contributed by atoms with van der Waals surface area (Å²) in [6.45, 7) is 4.48. The molecule has 0 aliphatic heterocycles. The second kappa shape index (κ2) is 11.1. The highest BCUT2D eigenvalue weighted by molar-refractivity contribution is 6.09. The molecule has 0 bridgehead atoms. The fourth-order valence-corrected chi connectivity index (χ4v) is 2.00. The molecule has 0 heterocycles. The van der Waals surface area contributed by atoms with Crippen LogP contribution in [0.25, 0.3) is 0 Å². The molecule has 2 amide bonds. The maximum absolute atomic E-state index is 12.5. The van der Waals surface area contributed by atoms with Crippen molar-refractivity contribution < 1.29 is 23.9 Å². The maximum Gasteiger partial charge on any atom is 0.341 e. The third kappa shape index (κ3) is 6.45. The third-order valence-electron chi connectivity index (χ3n) is 3.43. The summed E-state index contributed by atoms with van der Waals surface area (Å²) in [6.07, 6.45) is 3.21. The van der Waals surface area contributed by atoms with Crippen molar-refractivity contribution in [2.75, 3.05) is 25.6 Å². The maximum atomic E-state index is 12.5. The van der Waals surface area contributed by atoms with E-state index in [0.29, 0.717) is 6.42 Å². The fraction of sp³-hybridized carbons (Fsp3) is 0.500. The molecule has 0 saturated heterocycles. The molecular formula is C18H26N2O5. The molecule has 0 unspecified atom stereocenters. The topological polar surface area (TPSA) is 93.7 Å². The van der Waals surface area contributed by atoms with Gasteiger partial charge in [0, 0.05) is 7.05 Å². The van der Waals surface area contributed by atoms with Gasteiger partial charge in [0.1, 0.15) is 0 Å². The number of amides is 2. The van der Waals surface area contributed by atoms with Crippen molar-refractivity contribution in [2.24, 2.45) is 0 Å². The van der Waals surface area contributed by atoms with Gasteiger partial charge in [-0.2, -0.15) is 0 Å². The molecule has 1 aromatic rings. The number of rotatable bonds is 9. The number of ether oxygens (including phenoxy) is 2. The summed E-state index contributed by atoms with van der Waals surface area (Å²) in [5, 5.41) is 4.94. The highest BCUT2D eigenvalue weighted by atomic mass is 16.5. The summed E-state index contributed by atoms with van der Waals surface area (Å²) >= 11 is 0. The van der Waals surface area contributed by atoms with Gasteiger partial charge in [-0.3, -0.25) is 0 Å². The molecule has 2 N–H and O–H groups in total. The van der Waals surface area contributed by atoms with Gasteiger partial charge in [-0.15, -0.1) is 0 Å². The Morgan fingerprint density at radius 1 is 0.960 bits per heavy atom. The van der Waals surface area contributed by atoms with Crippen molar-refractivity contribution in [3.8, 4) is 0 Å². The minimum absolute atomic E-state index is 0.00343. The summed E-state index contributed by atoms with van der Waals surface area (Å²) < 4.78 is 10.4. The number of urea groups is 1. The highest BCUT2D eigenvalue weighted by Gasteiger charge is 2.24. The van der Waals surface area contributed by atoms with Gasteiger partial charge >= 0.3 is 18.0 Å². The van der Waals surface area contributed by atoms with Crippen LogP contribution >= 0.6 is 0 Å². The minimum atomic E-state index is -0.664. The van der Waals surface area contributed by atoms with Crippen molar-refractivity contribution >= 4 is 23.7 Å². The van der Waals surface area contributed by atoms with Gasteiger partial charge in [-0.25, -0.2) is 14.4 Å². The van der Waals surface area contributed by atoms with Gasteiger partial charge in [0.25, 0.3) is 0 Å². The summed E-state index contributed by atoms with van der Waals surface area (Å²) in [7, 11) is 1.46. The lowest BCUT2D eigenvalue weighted by Crippen LogP contribution is -2.26. The number of nitrogens with one attached hydrogen (secondary N) is 2. The normalized spacial score (nSPS) is 10.0. The Morgan fingerprint density at radius 2 is 1.56 bits per heavy atom. The number of hydrogen-bond acceptors (Lipinski definition) is 5. The second-order valence-electron chi connectivity index (χ2n) is 5.41. The quantitative estimate of drug-likeness (QED) is 0.526. The van der Waals surface area contributed by atoms with Crippen LogP contribution in [0, 0.1) is 0 Å². The van der Waals surface area contributed by atoms with E-state index in [2.05, 4.69) is 10.6 Å². The number of benzene rings is 1. The Balaban J connectivity index is 3.12. The molecule has 0 aliphatic rings. The van der Waals surface area contributed by atoms with Crippen LogP contribution in [0.15, 0.2) is 18.2 Å². The predicted octanol–water partition coefficient (Wildman–Crippen LogP) is 3.35. The fourth-order valence-electron chi connectivity index (χ4n) is 2.00. The van der Waals surface area contributed by atoms with Gasteiger partial charge in [0.2, 0.25) is 0 Å². The second-order valence-corrected chi connectivity index (χ2v) is 5.41.